The average Bonchev–Trinajstić information content (AvgIpc) is 2.92. The van der Waals surface area contributed by atoms with Crippen LogP contribution in [0.2, 0.25) is 0 Å². The fourth-order valence-corrected chi connectivity index (χ4v) is 2.23. The Morgan fingerprint density at radius 2 is 1.95 bits per heavy atom. The number of rotatable bonds is 7. The van der Waals surface area contributed by atoms with Crippen LogP contribution in [0, 0.1) is 0 Å². The van der Waals surface area contributed by atoms with Gasteiger partial charge in [-0.25, -0.2) is 0 Å². The Morgan fingerprint density at radius 3 is 2.58 bits per heavy atom. The number of methoxy groups -OCH3 is 1. The predicted molar refractivity (Wildman–Crippen MR) is 76.1 cm³/mol. The van der Waals surface area contributed by atoms with Crippen LogP contribution in [0.15, 0.2) is 53.1 Å². The van der Waals surface area contributed by atoms with Gasteiger partial charge in [0.2, 0.25) is 0 Å². The molecule has 0 fully saturated rings. The van der Waals surface area contributed by atoms with Crippen LogP contribution in [-0.4, -0.2) is 19.8 Å². The molecule has 0 aliphatic rings. The highest BCUT2D eigenvalue weighted by Gasteiger charge is 2.14. The zero-order chi connectivity index (χ0) is 13.5. The molecule has 0 bridgehead atoms. The molecule has 2 atom stereocenters. The molecule has 1 heterocycles. The maximum absolute atomic E-state index is 5.38. The summed E-state index contributed by atoms with van der Waals surface area (Å²) in [4.78, 5) is 0. The number of furan rings is 1. The highest BCUT2D eigenvalue weighted by atomic mass is 16.5. The monoisotopic (exact) mass is 259 g/mol. The van der Waals surface area contributed by atoms with Gasteiger partial charge in [0.05, 0.1) is 18.9 Å². The Kier molecular flexibility index (Phi) is 5.19. The lowest BCUT2D eigenvalue weighted by Crippen LogP contribution is -2.34. The van der Waals surface area contributed by atoms with Crippen molar-refractivity contribution in [3.05, 3.63) is 60.1 Å². The zero-order valence-electron chi connectivity index (χ0n) is 11.5. The van der Waals surface area contributed by atoms with Gasteiger partial charge in [-0.15, -0.1) is 0 Å². The molecule has 0 amide bonds. The van der Waals surface area contributed by atoms with Gasteiger partial charge in [0.1, 0.15) is 5.76 Å². The second kappa shape index (κ2) is 7.12. The maximum atomic E-state index is 5.38. The molecule has 2 aromatic rings. The van der Waals surface area contributed by atoms with Crippen molar-refractivity contribution >= 4 is 0 Å². The van der Waals surface area contributed by atoms with E-state index in [-0.39, 0.29) is 6.04 Å². The summed E-state index contributed by atoms with van der Waals surface area (Å²) in [7, 11) is 1.73. The van der Waals surface area contributed by atoms with E-state index in [4.69, 9.17) is 9.15 Å². The summed E-state index contributed by atoms with van der Waals surface area (Å²) in [6, 6.07) is 14.8. The van der Waals surface area contributed by atoms with Gasteiger partial charge in [0.15, 0.2) is 0 Å². The SMILES string of the molecule is COCC(NC(C)Cc1ccco1)c1ccccc1. The Labute approximate surface area is 114 Å². The van der Waals surface area contributed by atoms with Gasteiger partial charge >= 0.3 is 0 Å². The largest absolute Gasteiger partial charge is 0.469 e. The Balaban J connectivity index is 1.96. The molecular formula is C16H21NO2. The molecule has 2 rings (SSSR count). The third-order valence-electron chi connectivity index (χ3n) is 3.11. The van der Waals surface area contributed by atoms with Gasteiger partial charge in [-0.05, 0) is 24.6 Å². The summed E-state index contributed by atoms with van der Waals surface area (Å²) in [6.45, 7) is 2.82. The Morgan fingerprint density at radius 1 is 1.16 bits per heavy atom. The van der Waals surface area contributed by atoms with Crippen molar-refractivity contribution in [2.24, 2.45) is 0 Å². The summed E-state index contributed by atoms with van der Waals surface area (Å²) in [5, 5.41) is 3.59. The lowest BCUT2D eigenvalue weighted by molar-refractivity contribution is 0.161. The molecule has 1 aromatic carbocycles. The van der Waals surface area contributed by atoms with Gasteiger partial charge in [-0.1, -0.05) is 30.3 Å². The summed E-state index contributed by atoms with van der Waals surface area (Å²) < 4.78 is 10.7. The fourth-order valence-electron chi connectivity index (χ4n) is 2.23. The number of benzene rings is 1. The third-order valence-corrected chi connectivity index (χ3v) is 3.11. The van der Waals surface area contributed by atoms with E-state index in [0.717, 1.165) is 12.2 Å². The zero-order valence-corrected chi connectivity index (χ0v) is 11.5. The molecule has 0 aliphatic heterocycles. The minimum absolute atomic E-state index is 0.205. The van der Waals surface area contributed by atoms with Crippen molar-refractivity contribution in [2.45, 2.75) is 25.4 Å². The fraction of sp³-hybridized carbons (Fsp3) is 0.375. The molecule has 1 N–H and O–H groups in total. The smallest absolute Gasteiger partial charge is 0.105 e. The molecule has 0 radical (unpaired) electrons. The molecule has 19 heavy (non-hydrogen) atoms. The molecule has 3 nitrogen and oxygen atoms in total. The average molecular weight is 259 g/mol. The first-order valence-corrected chi connectivity index (χ1v) is 6.62. The number of hydrogen-bond donors (Lipinski definition) is 1. The molecule has 3 heteroatoms. The lowest BCUT2D eigenvalue weighted by atomic mass is 10.1. The molecule has 0 saturated heterocycles. The minimum Gasteiger partial charge on any atom is -0.469 e. The third kappa shape index (κ3) is 4.23. The number of nitrogens with one attached hydrogen (secondary N) is 1. The van der Waals surface area contributed by atoms with E-state index < -0.39 is 0 Å². The van der Waals surface area contributed by atoms with Crippen LogP contribution in [0.5, 0.6) is 0 Å². The van der Waals surface area contributed by atoms with Crippen LogP contribution in [0.25, 0.3) is 0 Å². The molecule has 0 aliphatic carbocycles. The van der Waals surface area contributed by atoms with E-state index in [9.17, 15) is 0 Å². The van der Waals surface area contributed by atoms with Crippen molar-refractivity contribution in [2.75, 3.05) is 13.7 Å². The van der Waals surface area contributed by atoms with Gasteiger partial charge in [-0.3, -0.25) is 0 Å². The first-order chi connectivity index (χ1) is 9.29. The number of hydrogen-bond acceptors (Lipinski definition) is 3. The summed E-state index contributed by atoms with van der Waals surface area (Å²) >= 11 is 0. The topological polar surface area (TPSA) is 34.4 Å². The van der Waals surface area contributed by atoms with Crippen molar-refractivity contribution in [3.63, 3.8) is 0 Å². The minimum atomic E-state index is 0.205. The molecule has 1 aromatic heterocycles. The van der Waals surface area contributed by atoms with Crippen LogP contribution < -0.4 is 5.32 Å². The maximum Gasteiger partial charge on any atom is 0.105 e. The molecule has 2 unspecified atom stereocenters. The summed E-state index contributed by atoms with van der Waals surface area (Å²) in [5.74, 6) is 1.00. The van der Waals surface area contributed by atoms with Crippen molar-refractivity contribution < 1.29 is 9.15 Å². The van der Waals surface area contributed by atoms with E-state index in [1.165, 1.54) is 5.56 Å². The quantitative estimate of drug-likeness (QED) is 0.829. The predicted octanol–water partition coefficient (Wildman–Crippen LogP) is 3.19. The van der Waals surface area contributed by atoms with E-state index in [0.29, 0.717) is 12.6 Å². The number of ether oxygens (including phenoxy) is 1. The second-order valence-electron chi connectivity index (χ2n) is 4.77. The first kappa shape index (κ1) is 13.8. The van der Waals surface area contributed by atoms with Crippen LogP contribution in [0.3, 0.4) is 0 Å². The highest BCUT2D eigenvalue weighted by Crippen LogP contribution is 2.15. The van der Waals surface area contributed by atoms with Crippen LogP contribution in [-0.2, 0) is 11.2 Å². The van der Waals surface area contributed by atoms with Crippen molar-refractivity contribution in [1.29, 1.82) is 0 Å². The summed E-state index contributed by atoms with van der Waals surface area (Å²) in [5.41, 5.74) is 1.25. The van der Waals surface area contributed by atoms with Crippen LogP contribution in [0.4, 0.5) is 0 Å². The lowest BCUT2D eigenvalue weighted by Gasteiger charge is -2.22. The van der Waals surface area contributed by atoms with Gasteiger partial charge in [-0.2, -0.15) is 0 Å². The van der Waals surface area contributed by atoms with Gasteiger partial charge in [0, 0.05) is 19.6 Å². The van der Waals surface area contributed by atoms with Crippen LogP contribution in [0.1, 0.15) is 24.3 Å². The molecule has 0 spiro atoms. The van der Waals surface area contributed by atoms with Crippen molar-refractivity contribution in [1.82, 2.24) is 5.32 Å². The molecule has 0 saturated carbocycles. The second-order valence-corrected chi connectivity index (χ2v) is 4.77. The normalized spacial score (nSPS) is 14.2. The Hall–Kier alpha value is -1.58. The van der Waals surface area contributed by atoms with E-state index >= 15 is 0 Å². The van der Waals surface area contributed by atoms with E-state index in [1.54, 1.807) is 13.4 Å². The van der Waals surface area contributed by atoms with E-state index in [1.807, 2.05) is 18.2 Å². The van der Waals surface area contributed by atoms with Crippen LogP contribution >= 0.6 is 0 Å². The highest BCUT2D eigenvalue weighted by molar-refractivity contribution is 5.19. The summed E-state index contributed by atoms with van der Waals surface area (Å²) in [6.07, 6.45) is 2.59. The first-order valence-electron chi connectivity index (χ1n) is 6.62. The van der Waals surface area contributed by atoms with E-state index in [2.05, 4.69) is 36.5 Å². The van der Waals surface area contributed by atoms with Gasteiger partial charge in [0.25, 0.3) is 0 Å². The Bertz CT molecular complexity index is 453. The standard InChI is InChI=1S/C16H21NO2/c1-13(11-15-9-6-10-19-15)17-16(12-18-2)14-7-4-3-5-8-14/h3-10,13,16-17H,11-12H2,1-2H3. The molecular weight excluding hydrogens is 238 g/mol. The van der Waals surface area contributed by atoms with Gasteiger partial charge < -0.3 is 14.5 Å². The molecule has 102 valence electrons. The van der Waals surface area contributed by atoms with Crippen molar-refractivity contribution in [3.8, 4) is 0 Å².